The SMILES string of the molecule is COC1=C(Br)C(=O)[C@]2(C)CC[C@@H]1C2(C)C. The minimum absolute atomic E-state index is 0.00664. The summed E-state index contributed by atoms with van der Waals surface area (Å²) in [6, 6.07) is 0. The van der Waals surface area contributed by atoms with Crippen LogP contribution in [-0.2, 0) is 9.53 Å². The molecule has 0 spiro atoms. The van der Waals surface area contributed by atoms with E-state index < -0.39 is 0 Å². The predicted molar refractivity (Wildman–Crippen MR) is 62.6 cm³/mol. The highest BCUT2D eigenvalue weighted by Gasteiger charge is 2.61. The zero-order valence-electron chi connectivity index (χ0n) is 9.69. The van der Waals surface area contributed by atoms with Crippen molar-refractivity contribution in [2.24, 2.45) is 16.7 Å². The second-order valence-corrected chi connectivity index (χ2v) is 6.15. The molecule has 0 aliphatic heterocycles. The van der Waals surface area contributed by atoms with E-state index in [4.69, 9.17) is 4.74 Å². The summed E-state index contributed by atoms with van der Waals surface area (Å²) < 4.78 is 6.06. The van der Waals surface area contributed by atoms with Gasteiger partial charge in [-0.05, 0) is 34.2 Å². The molecular formula is C12H17BrO2. The molecule has 0 aromatic carbocycles. The lowest BCUT2D eigenvalue weighted by Crippen LogP contribution is -2.45. The van der Waals surface area contributed by atoms with E-state index in [1.807, 2.05) is 0 Å². The van der Waals surface area contributed by atoms with Gasteiger partial charge in [-0.3, -0.25) is 4.79 Å². The number of hydrogen-bond acceptors (Lipinski definition) is 2. The lowest BCUT2D eigenvalue weighted by molar-refractivity contribution is -0.130. The van der Waals surface area contributed by atoms with Crippen LogP contribution in [0, 0.1) is 16.7 Å². The molecule has 15 heavy (non-hydrogen) atoms. The van der Waals surface area contributed by atoms with E-state index >= 15 is 0 Å². The number of ether oxygens (including phenoxy) is 1. The Morgan fingerprint density at radius 1 is 1.40 bits per heavy atom. The van der Waals surface area contributed by atoms with E-state index in [0.717, 1.165) is 18.6 Å². The Morgan fingerprint density at radius 2 is 2.00 bits per heavy atom. The van der Waals surface area contributed by atoms with Gasteiger partial charge in [0, 0.05) is 11.3 Å². The van der Waals surface area contributed by atoms with Crippen LogP contribution < -0.4 is 0 Å². The first-order valence-corrected chi connectivity index (χ1v) is 6.14. The molecule has 0 aromatic heterocycles. The highest BCUT2D eigenvalue weighted by atomic mass is 79.9. The van der Waals surface area contributed by atoms with E-state index in [1.165, 1.54) is 0 Å². The Bertz CT molecular complexity index is 357. The molecule has 0 N–H and O–H groups in total. The molecule has 2 nitrogen and oxygen atoms in total. The van der Waals surface area contributed by atoms with Gasteiger partial charge in [-0.2, -0.15) is 0 Å². The third-order valence-corrected chi connectivity index (χ3v) is 5.43. The second kappa shape index (κ2) is 3.09. The van der Waals surface area contributed by atoms with Crippen molar-refractivity contribution in [2.45, 2.75) is 33.6 Å². The van der Waals surface area contributed by atoms with Gasteiger partial charge in [0.15, 0.2) is 5.78 Å². The minimum atomic E-state index is -0.224. The fourth-order valence-corrected chi connectivity index (χ4v) is 3.98. The first-order valence-electron chi connectivity index (χ1n) is 5.34. The van der Waals surface area contributed by atoms with Gasteiger partial charge in [0.2, 0.25) is 0 Å². The Hall–Kier alpha value is -0.310. The molecule has 2 aliphatic rings. The lowest BCUT2D eigenvalue weighted by atomic mass is 9.60. The first-order chi connectivity index (χ1) is 6.86. The number of carbonyl (C=O) groups is 1. The van der Waals surface area contributed by atoms with Crippen LogP contribution in [0.5, 0.6) is 0 Å². The van der Waals surface area contributed by atoms with Gasteiger partial charge in [-0.1, -0.05) is 20.8 Å². The van der Waals surface area contributed by atoms with Gasteiger partial charge in [0.05, 0.1) is 11.6 Å². The number of rotatable bonds is 1. The van der Waals surface area contributed by atoms with Gasteiger partial charge in [-0.15, -0.1) is 0 Å². The van der Waals surface area contributed by atoms with Crippen LogP contribution in [0.2, 0.25) is 0 Å². The van der Waals surface area contributed by atoms with Crippen molar-refractivity contribution in [2.75, 3.05) is 7.11 Å². The lowest BCUT2D eigenvalue weighted by Gasteiger charge is -2.44. The highest BCUT2D eigenvalue weighted by Crippen LogP contribution is 2.63. The summed E-state index contributed by atoms with van der Waals surface area (Å²) in [7, 11) is 1.65. The van der Waals surface area contributed by atoms with Crippen molar-refractivity contribution in [3.63, 3.8) is 0 Å². The Morgan fingerprint density at radius 3 is 2.53 bits per heavy atom. The Kier molecular flexibility index (Phi) is 2.31. The smallest absolute Gasteiger partial charge is 0.179 e. The summed E-state index contributed by atoms with van der Waals surface area (Å²) in [5, 5.41) is 0. The van der Waals surface area contributed by atoms with Crippen LogP contribution in [0.15, 0.2) is 10.2 Å². The van der Waals surface area contributed by atoms with Crippen molar-refractivity contribution in [1.82, 2.24) is 0 Å². The summed E-state index contributed by atoms with van der Waals surface area (Å²) in [5.74, 6) is 1.43. The molecule has 2 aliphatic carbocycles. The molecule has 0 saturated heterocycles. The molecule has 2 rings (SSSR count). The second-order valence-electron chi connectivity index (χ2n) is 5.36. The maximum atomic E-state index is 12.3. The van der Waals surface area contributed by atoms with Gasteiger partial charge < -0.3 is 4.74 Å². The zero-order chi connectivity index (χ0) is 11.4. The van der Waals surface area contributed by atoms with Gasteiger partial charge in [-0.25, -0.2) is 0 Å². The molecule has 84 valence electrons. The minimum Gasteiger partial charge on any atom is -0.499 e. The number of methoxy groups -OCH3 is 1. The topological polar surface area (TPSA) is 26.3 Å². The Labute approximate surface area is 99.2 Å². The summed E-state index contributed by atoms with van der Waals surface area (Å²) >= 11 is 3.39. The number of allylic oxidation sites excluding steroid dienone is 2. The van der Waals surface area contributed by atoms with Crippen LogP contribution in [0.25, 0.3) is 0 Å². The van der Waals surface area contributed by atoms with E-state index in [1.54, 1.807) is 7.11 Å². The van der Waals surface area contributed by atoms with Gasteiger partial charge in [0.25, 0.3) is 0 Å². The molecular weight excluding hydrogens is 256 g/mol. The molecule has 0 aromatic rings. The van der Waals surface area contributed by atoms with Gasteiger partial charge >= 0.3 is 0 Å². The predicted octanol–water partition coefficient (Wildman–Crippen LogP) is 3.26. The summed E-state index contributed by atoms with van der Waals surface area (Å²) in [5.41, 5.74) is -0.217. The molecule has 0 amide bonds. The van der Waals surface area contributed by atoms with Crippen LogP contribution in [0.4, 0.5) is 0 Å². The van der Waals surface area contributed by atoms with Crippen LogP contribution in [0.1, 0.15) is 33.6 Å². The number of carbonyl (C=O) groups excluding carboxylic acids is 1. The largest absolute Gasteiger partial charge is 0.499 e. The fraction of sp³-hybridized carbons (Fsp3) is 0.750. The monoisotopic (exact) mass is 272 g/mol. The maximum absolute atomic E-state index is 12.3. The average molecular weight is 273 g/mol. The molecule has 3 heteroatoms. The standard InChI is InChI=1S/C12H17BrO2/c1-11(2)7-5-6-12(11,3)10(14)8(13)9(7)15-4/h7H,5-6H2,1-4H3/t7-,12-/m0/s1. The Balaban J connectivity index is 2.62. The number of hydrogen-bond donors (Lipinski definition) is 0. The summed E-state index contributed by atoms with van der Waals surface area (Å²) in [6.07, 6.45) is 2.01. The summed E-state index contributed by atoms with van der Waals surface area (Å²) in [4.78, 5) is 12.3. The van der Waals surface area contributed by atoms with E-state index in [9.17, 15) is 4.79 Å². The summed E-state index contributed by atoms with van der Waals surface area (Å²) in [6.45, 7) is 6.45. The number of ketones is 1. The molecule has 1 saturated carbocycles. The fourth-order valence-electron chi connectivity index (χ4n) is 3.10. The van der Waals surface area contributed by atoms with Gasteiger partial charge in [0.1, 0.15) is 5.76 Å². The number of Topliss-reactive ketones (excluding diaryl/α,β-unsaturated/α-hetero) is 1. The molecule has 0 unspecified atom stereocenters. The third kappa shape index (κ3) is 1.13. The molecule has 1 fully saturated rings. The highest BCUT2D eigenvalue weighted by molar-refractivity contribution is 9.12. The van der Waals surface area contributed by atoms with Crippen molar-refractivity contribution >= 4 is 21.7 Å². The number of halogens is 1. The van der Waals surface area contributed by atoms with Crippen LogP contribution in [-0.4, -0.2) is 12.9 Å². The third-order valence-electron chi connectivity index (χ3n) is 4.68. The zero-order valence-corrected chi connectivity index (χ0v) is 11.3. The maximum Gasteiger partial charge on any atom is 0.179 e. The van der Waals surface area contributed by atoms with Crippen LogP contribution in [0.3, 0.4) is 0 Å². The van der Waals surface area contributed by atoms with E-state index in [2.05, 4.69) is 36.7 Å². The van der Waals surface area contributed by atoms with Crippen molar-refractivity contribution in [1.29, 1.82) is 0 Å². The van der Waals surface area contributed by atoms with Crippen molar-refractivity contribution < 1.29 is 9.53 Å². The molecule has 0 heterocycles. The van der Waals surface area contributed by atoms with Crippen molar-refractivity contribution in [3.05, 3.63) is 10.2 Å². The van der Waals surface area contributed by atoms with Crippen LogP contribution >= 0.6 is 15.9 Å². The molecule has 2 atom stereocenters. The van der Waals surface area contributed by atoms with E-state index in [0.29, 0.717) is 10.4 Å². The van der Waals surface area contributed by atoms with Crippen molar-refractivity contribution in [3.8, 4) is 0 Å². The van der Waals surface area contributed by atoms with E-state index in [-0.39, 0.29) is 16.6 Å². The molecule has 0 radical (unpaired) electrons. The first kappa shape index (κ1) is 11.2. The average Bonchev–Trinajstić information content (AvgIpc) is 2.35. The normalized spacial score (nSPS) is 38.5. The molecule has 2 bridgehead atoms. The quantitative estimate of drug-likeness (QED) is 0.733. The number of fused-ring (bicyclic) bond motifs is 2.